The van der Waals surface area contributed by atoms with Crippen LogP contribution in [0, 0.1) is 0 Å². The standard InChI is InChI=1S/C7H13NO3/c9-5-1-3-7(11)8-4-2-6-10/h5,10H,1-4,6H2,(H,8,11). The summed E-state index contributed by atoms with van der Waals surface area (Å²) >= 11 is 0. The Labute approximate surface area is 65.6 Å². The molecule has 0 spiro atoms. The third kappa shape index (κ3) is 6.99. The summed E-state index contributed by atoms with van der Waals surface area (Å²) in [6.45, 7) is 0.558. The van der Waals surface area contributed by atoms with Crippen molar-refractivity contribution in [1.82, 2.24) is 5.32 Å². The number of hydrogen-bond donors (Lipinski definition) is 2. The van der Waals surface area contributed by atoms with E-state index in [0.29, 0.717) is 19.3 Å². The minimum atomic E-state index is -0.134. The maximum Gasteiger partial charge on any atom is 0.220 e. The predicted molar refractivity (Wildman–Crippen MR) is 40.0 cm³/mol. The second kappa shape index (κ2) is 7.21. The van der Waals surface area contributed by atoms with Gasteiger partial charge in [0.2, 0.25) is 5.91 Å². The lowest BCUT2D eigenvalue weighted by atomic mass is 10.3. The van der Waals surface area contributed by atoms with Crippen molar-refractivity contribution in [2.45, 2.75) is 19.3 Å². The van der Waals surface area contributed by atoms with Gasteiger partial charge in [-0.05, 0) is 6.42 Å². The Hall–Kier alpha value is -0.900. The summed E-state index contributed by atoms with van der Waals surface area (Å²) in [4.78, 5) is 20.5. The van der Waals surface area contributed by atoms with Crippen LogP contribution in [0.25, 0.3) is 0 Å². The number of aliphatic hydroxyl groups excluding tert-OH is 1. The molecule has 0 aromatic rings. The molecular weight excluding hydrogens is 146 g/mol. The summed E-state index contributed by atoms with van der Waals surface area (Å²) in [5.74, 6) is -0.134. The average Bonchev–Trinajstić information content (AvgIpc) is 2.01. The molecule has 0 fully saturated rings. The van der Waals surface area contributed by atoms with Gasteiger partial charge in [-0.2, -0.15) is 0 Å². The molecule has 0 aliphatic carbocycles. The molecule has 0 aromatic carbocycles. The van der Waals surface area contributed by atoms with Gasteiger partial charge >= 0.3 is 0 Å². The fourth-order valence-electron chi connectivity index (χ4n) is 0.585. The van der Waals surface area contributed by atoms with E-state index in [2.05, 4.69) is 5.32 Å². The first-order valence-corrected chi connectivity index (χ1v) is 3.62. The number of carbonyl (C=O) groups is 2. The van der Waals surface area contributed by atoms with Crippen molar-refractivity contribution in [3.05, 3.63) is 0 Å². The molecule has 0 aliphatic heterocycles. The highest BCUT2D eigenvalue weighted by molar-refractivity contribution is 5.77. The Kier molecular flexibility index (Phi) is 6.62. The number of hydrogen-bond acceptors (Lipinski definition) is 3. The van der Waals surface area contributed by atoms with Crippen LogP contribution in [0.4, 0.5) is 0 Å². The molecule has 0 radical (unpaired) electrons. The summed E-state index contributed by atoms with van der Waals surface area (Å²) in [5, 5.41) is 10.9. The topological polar surface area (TPSA) is 66.4 Å². The minimum absolute atomic E-state index is 0.0773. The molecule has 64 valence electrons. The van der Waals surface area contributed by atoms with Crippen LogP contribution in [0.3, 0.4) is 0 Å². The lowest BCUT2D eigenvalue weighted by Crippen LogP contribution is -2.24. The number of carbonyl (C=O) groups excluding carboxylic acids is 2. The lowest BCUT2D eigenvalue weighted by Gasteiger charge is -2.00. The van der Waals surface area contributed by atoms with E-state index in [0.717, 1.165) is 0 Å². The highest BCUT2D eigenvalue weighted by Gasteiger charge is 1.97. The van der Waals surface area contributed by atoms with Gasteiger partial charge in [0.1, 0.15) is 6.29 Å². The van der Waals surface area contributed by atoms with Crippen LogP contribution < -0.4 is 5.32 Å². The van der Waals surface area contributed by atoms with Crippen molar-refractivity contribution >= 4 is 12.2 Å². The van der Waals surface area contributed by atoms with Gasteiger partial charge in [0.25, 0.3) is 0 Å². The van der Waals surface area contributed by atoms with E-state index in [1.807, 2.05) is 0 Å². The van der Waals surface area contributed by atoms with Crippen LogP contribution in [-0.2, 0) is 9.59 Å². The number of rotatable bonds is 6. The summed E-state index contributed by atoms with van der Waals surface area (Å²) in [6.07, 6.45) is 1.79. The monoisotopic (exact) mass is 159 g/mol. The van der Waals surface area contributed by atoms with Crippen LogP contribution in [0.5, 0.6) is 0 Å². The van der Waals surface area contributed by atoms with Gasteiger partial charge in [-0.1, -0.05) is 0 Å². The fourth-order valence-corrected chi connectivity index (χ4v) is 0.585. The van der Waals surface area contributed by atoms with Crippen LogP contribution >= 0.6 is 0 Å². The lowest BCUT2D eigenvalue weighted by molar-refractivity contribution is -0.122. The van der Waals surface area contributed by atoms with E-state index in [4.69, 9.17) is 5.11 Å². The molecule has 0 atom stereocenters. The predicted octanol–water partition coefficient (Wildman–Crippen LogP) is -0.536. The van der Waals surface area contributed by atoms with Gasteiger partial charge < -0.3 is 15.2 Å². The molecule has 0 heterocycles. The third-order valence-corrected chi connectivity index (χ3v) is 1.15. The molecule has 0 unspecified atom stereocenters. The Morgan fingerprint density at radius 3 is 2.82 bits per heavy atom. The summed E-state index contributed by atoms with van der Waals surface area (Å²) < 4.78 is 0. The second-order valence-corrected chi connectivity index (χ2v) is 2.13. The van der Waals surface area contributed by atoms with E-state index in [1.54, 1.807) is 0 Å². The Morgan fingerprint density at radius 1 is 1.55 bits per heavy atom. The fraction of sp³-hybridized carbons (Fsp3) is 0.714. The van der Waals surface area contributed by atoms with Crippen LogP contribution in [0.1, 0.15) is 19.3 Å². The smallest absolute Gasteiger partial charge is 0.220 e. The first-order valence-electron chi connectivity index (χ1n) is 3.62. The Bertz CT molecular complexity index is 125. The minimum Gasteiger partial charge on any atom is -0.396 e. The molecule has 0 aliphatic rings. The highest BCUT2D eigenvalue weighted by atomic mass is 16.3. The maximum atomic E-state index is 10.7. The van der Waals surface area contributed by atoms with Gasteiger partial charge in [0, 0.05) is 26.0 Å². The molecule has 0 bridgehead atoms. The van der Waals surface area contributed by atoms with E-state index in [-0.39, 0.29) is 25.4 Å². The van der Waals surface area contributed by atoms with Gasteiger partial charge in [-0.25, -0.2) is 0 Å². The van der Waals surface area contributed by atoms with Crippen LogP contribution in [0.2, 0.25) is 0 Å². The number of aldehydes is 1. The SMILES string of the molecule is O=CCCC(=O)NCCCO. The molecule has 0 saturated heterocycles. The largest absolute Gasteiger partial charge is 0.396 e. The van der Waals surface area contributed by atoms with Gasteiger partial charge in [0.15, 0.2) is 0 Å². The van der Waals surface area contributed by atoms with E-state index >= 15 is 0 Å². The van der Waals surface area contributed by atoms with Crippen molar-refractivity contribution in [3.8, 4) is 0 Å². The summed E-state index contributed by atoms with van der Waals surface area (Å²) in [7, 11) is 0. The number of aliphatic hydroxyl groups is 1. The van der Waals surface area contributed by atoms with E-state index in [1.165, 1.54) is 0 Å². The molecule has 2 N–H and O–H groups in total. The number of nitrogens with one attached hydrogen (secondary N) is 1. The van der Waals surface area contributed by atoms with E-state index in [9.17, 15) is 9.59 Å². The molecule has 4 nitrogen and oxygen atoms in total. The third-order valence-electron chi connectivity index (χ3n) is 1.15. The normalized spacial score (nSPS) is 9.18. The zero-order chi connectivity index (χ0) is 8.53. The molecule has 11 heavy (non-hydrogen) atoms. The zero-order valence-corrected chi connectivity index (χ0v) is 6.38. The maximum absolute atomic E-state index is 10.7. The first-order chi connectivity index (χ1) is 5.31. The zero-order valence-electron chi connectivity index (χ0n) is 6.38. The van der Waals surface area contributed by atoms with Gasteiger partial charge in [-0.3, -0.25) is 4.79 Å². The quantitative estimate of drug-likeness (QED) is 0.404. The molecule has 0 aromatic heterocycles. The molecule has 4 heteroatoms. The molecular formula is C7H13NO3. The van der Waals surface area contributed by atoms with Crippen molar-refractivity contribution < 1.29 is 14.7 Å². The average molecular weight is 159 g/mol. The van der Waals surface area contributed by atoms with Crippen molar-refractivity contribution in [3.63, 3.8) is 0 Å². The molecule has 1 amide bonds. The number of amides is 1. The van der Waals surface area contributed by atoms with Crippen molar-refractivity contribution in [2.24, 2.45) is 0 Å². The van der Waals surface area contributed by atoms with Crippen molar-refractivity contribution in [2.75, 3.05) is 13.2 Å². The Balaban J connectivity index is 3.15. The van der Waals surface area contributed by atoms with Crippen LogP contribution in [-0.4, -0.2) is 30.5 Å². The first kappa shape index (κ1) is 10.1. The van der Waals surface area contributed by atoms with Crippen molar-refractivity contribution in [1.29, 1.82) is 0 Å². The highest BCUT2D eigenvalue weighted by Crippen LogP contribution is 1.83. The molecule has 0 saturated carbocycles. The summed E-state index contributed by atoms with van der Waals surface area (Å²) in [5.41, 5.74) is 0. The molecule has 0 rings (SSSR count). The summed E-state index contributed by atoms with van der Waals surface area (Å²) in [6, 6.07) is 0. The Morgan fingerprint density at radius 2 is 2.27 bits per heavy atom. The van der Waals surface area contributed by atoms with E-state index < -0.39 is 0 Å². The second-order valence-electron chi connectivity index (χ2n) is 2.13. The van der Waals surface area contributed by atoms with Gasteiger partial charge in [-0.15, -0.1) is 0 Å². The van der Waals surface area contributed by atoms with Crippen LogP contribution in [0.15, 0.2) is 0 Å². The van der Waals surface area contributed by atoms with Gasteiger partial charge in [0.05, 0.1) is 0 Å².